The van der Waals surface area contributed by atoms with E-state index in [2.05, 4.69) is 10.5 Å². The van der Waals surface area contributed by atoms with E-state index >= 15 is 0 Å². The number of rotatable bonds is 9. The number of benzene rings is 2. The maximum absolute atomic E-state index is 14.0. The zero-order chi connectivity index (χ0) is 21.6. The van der Waals surface area contributed by atoms with E-state index in [1.807, 2.05) is 0 Å². The minimum atomic E-state index is -3.15. The van der Waals surface area contributed by atoms with Gasteiger partial charge in [-0.3, -0.25) is 9.36 Å². The molecule has 158 valence electrons. The van der Waals surface area contributed by atoms with Gasteiger partial charge in [0.25, 0.3) is 0 Å². The van der Waals surface area contributed by atoms with Gasteiger partial charge in [-0.1, -0.05) is 29.4 Å². The van der Waals surface area contributed by atoms with Gasteiger partial charge in [-0.15, -0.1) is 0 Å². The van der Waals surface area contributed by atoms with E-state index in [9.17, 15) is 13.8 Å². The summed E-state index contributed by atoms with van der Waals surface area (Å²) in [6, 6.07) is 13.2. The number of nitrogens with zero attached hydrogens (tertiary/aromatic N) is 1. The molecule has 7 nitrogen and oxygen atoms in total. The van der Waals surface area contributed by atoms with E-state index in [0.717, 1.165) is 5.56 Å². The van der Waals surface area contributed by atoms with Crippen LogP contribution in [0.15, 0.2) is 59.3 Å². The minimum Gasteiger partial charge on any atom is -0.356 e. The quantitative estimate of drug-likeness (QED) is 0.477. The van der Waals surface area contributed by atoms with Crippen molar-refractivity contribution in [1.82, 2.24) is 5.16 Å². The SMILES string of the molecule is COP(=O)(Cc1ccc(NC(=O)CCc2cnoc2-c2ccccc2F)cc1)OC. The monoisotopic (exact) mass is 432 g/mol. The van der Waals surface area contributed by atoms with E-state index in [1.54, 1.807) is 42.5 Å². The van der Waals surface area contributed by atoms with Gasteiger partial charge in [-0.05, 0) is 36.2 Å². The molecular formula is C21H22FN2O5P. The summed E-state index contributed by atoms with van der Waals surface area (Å²) < 4.78 is 41.2. The first-order valence-corrected chi connectivity index (χ1v) is 10.9. The lowest BCUT2D eigenvalue weighted by Crippen LogP contribution is -2.12. The predicted octanol–water partition coefficient (Wildman–Crippen LogP) is 5.04. The van der Waals surface area contributed by atoms with Crippen LogP contribution in [0.3, 0.4) is 0 Å². The van der Waals surface area contributed by atoms with Crippen molar-refractivity contribution in [1.29, 1.82) is 0 Å². The van der Waals surface area contributed by atoms with Gasteiger partial charge < -0.3 is 18.9 Å². The first-order chi connectivity index (χ1) is 14.4. The Bertz CT molecular complexity index is 1040. The second-order valence-corrected chi connectivity index (χ2v) is 8.81. The molecular weight excluding hydrogens is 410 g/mol. The topological polar surface area (TPSA) is 90.7 Å². The Labute approximate surface area is 173 Å². The van der Waals surface area contributed by atoms with Crippen molar-refractivity contribution < 1.29 is 27.3 Å². The maximum atomic E-state index is 14.0. The molecule has 1 heterocycles. The van der Waals surface area contributed by atoms with Crippen molar-refractivity contribution in [2.45, 2.75) is 19.0 Å². The zero-order valence-corrected chi connectivity index (χ0v) is 17.5. The summed E-state index contributed by atoms with van der Waals surface area (Å²) >= 11 is 0. The molecule has 0 spiro atoms. The van der Waals surface area contributed by atoms with Crippen LogP contribution in [0.4, 0.5) is 10.1 Å². The molecule has 3 rings (SSSR count). The molecule has 1 N–H and O–H groups in total. The summed E-state index contributed by atoms with van der Waals surface area (Å²) in [4.78, 5) is 12.3. The summed E-state index contributed by atoms with van der Waals surface area (Å²) in [5.41, 5.74) is 2.33. The van der Waals surface area contributed by atoms with Gasteiger partial charge in [-0.2, -0.15) is 0 Å². The first kappa shape index (κ1) is 21.9. The molecule has 3 aromatic rings. The summed E-state index contributed by atoms with van der Waals surface area (Å²) in [5, 5.41) is 6.54. The number of hydrogen-bond acceptors (Lipinski definition) is 6. The first-order valence-electron chi connectivity index (χ1n) is 9.22. The molecule has 2 aromatic carbocycles. The van der Waals surface area contributed by atoms with Gasteiger partial charge in [0, 0.05) is 31.9 Å². The fraction of sp³-hybridized carbons (Fsp3) is 0.238. The highest BCUT2D eigenvalue weighted by Crippen LogP contribution is 2.49. The molecule has 0 fully saturated rings. The lowest BCUT2D eigenvalue weighted by molar-refractivity contribution is -0.116. The standard InChI is InChI=1S/C21H22FN2O5P/c1-27-30(26,28-2)14-15-7-10-17(11-8-15)24-20(25)12-9-16-13-23-29-21(16)18-5-3-4-6-19(18)22/h3-8,10-11,13H,9,12,14H2,1-2H3,(H,24,25). The molecule has 0 bridgehead atoms. The molecule has 0 aliphatic rings. The van der Waals surface area contributed by atoms with Crippen molar-refractivity contribution in [3.8, 4) is 11.3 Å². The van der Waals surface area contributed by atoms with Crippen LogP contribution in [-0.4, -0.2) is 25.3 Å². The number of aromatic nitrogens is 1. The number of anilines is 1. The molecule has 1 amide bonds. The van der Waals surface area contributed by atoms with Crippen molar-refractivity contribution in [3.63, 3.8) is 0 Å². The van der Waals surface area contributed by atoms with Gasteiger partial charge in [-0.25, -0.2) is 4.39 Å². The summed E-state index contributed by atoms with van der Waals surface area (Å²) in [6.07, 6.45) is 2.16. The van der Waals surface area contributed by atoms with Gasteiger partial charge in [0.15, 0.2) is 5.76 Å². The second kappa shape index (κ2) is 9.80. The number of carbonyl (C=O) groups excluding carboxylic acids is 1. The summed E-state index contributed by atoms with van der Waals surface area (Å²) in [7, 11) is -0.468. The third-order valence-electron chi connectivity index (χ3n) is 4.55. The number of nitrogens with one attached hydrogen (secondary N) is 1. The van der Waals surface area contributed by atoms with Crippen molar-refractivity contribution in [3.05, 3.63) is 71.7 Å². The van der Waals surface area contributed by atoms with Gasteiger partial charge in [0.2, 0.25) is 5.91 Å². The molecule has 30 heavy (non-hydrogen) atoms. The van der Waals surface area contributed by atoms with E-state index in [-0.39, 0.29) is 18.5 Å². The molecule has 0 saturated heterocycles. The van der Waals surface area contributed by atoms with Crippen LogP contribution in [0.2, 0.25) is 0 Å². The second-order valence-electron chi connectivity index (χ2n) is 6.54. The van der Waals surface area contributed by atoms with Crippen molar-refractivity contribution in [2.24, 2.45) is 0 Å². The van der Waals surface area contributed by atoms with E-state index < -0.39 is 13.4 Å². The number of hydrogen-bond donors (Lipinski definition) is 1. The third kappa shape index (κ3) is 5.42. The Morgan fingerprint density at radius 2 is 1.83 bits per heavy atom. The lowest BCUT2D eigenvalue weighted by Gasteiger charge is -2.13. The lowest BCUT2D eigenvalue weighted by atomic mass is 10.0. The Hall–Kier alpha value is -2.80. The molecule has 9 heteroatoms. The summed E-state index contributed by atoms with van der Waals surface area (Å²) in [5.74, 6) is -0.291. The molecule has 0 radical (unpaired) electrons. The molecule has 0 unspecified atom stereocenters. The van der Waals surface area contributed by atoms with Crippen LogP contribution in [-0.2, 0) is 31.0 Å². The van der Waals surface area contributed by atoms with E-state index in [1.165, 1.54) is 26.5 Å². The number of aryl methyl sites for hydroxylation is 1. The van der Waals surface area contributed by atoms with Crippen LogP contribution in [0.25, 0.3) is 11.3 Å². The number of halogens is 1. The molecule has 0 saturated carbocycles. The third-order valence-corrected chi connectivity index (χ3v) is 6.42. The van der Waals surface area contributed by atoms with Crippen LogP contribution in [0.1, 0.15) is 17.5 Å². The Morgan fingerprint density at radius 3 is 2.50 bits per heavy atom. The normalized spacial score (nSPS) is 11.4. The Morgan fingerprint density at radius 1 is 1.13 bits per heavy atom. The number of carbonyl (C=O) groups is 1. The zero-order valence-electron chi connectivity index (χ0n) is 16.6. The minimum absolute atomic E-state index is 0.139. The van der Waals surface area contributed by atoms with Gasteiger partial charge in [0.05, 0.1) is 17.9 Å². The highest BCUT2D eigenvalue weighted by atomic mass is 31.2. The summed E-state index contributed by atoms with van der Waals surface area (Å²) in [6.45, 7) is 0. The Kier molecular flexibility index (Phi) is 7.15. The number of amides is 1. The average Bonchev–Trinajstić information content (AvgIpc) is 3.22. The molecule has 0 aliphatic heterocycles. The van der Waals surface area contributed by atoms with Crippen LogP contribution < -0.4 is 5.32 Å². The van der Waals surface area contributed by atoms with Crippen LogP contribution >= 0.6 is 7.60 Å². The molecule has 1 aromatic heterocycles. The Balaban J connectivity index is 1.58. The van der Waals surface area contributed by atoms with E-state index in [0.29, 0.717) is 29.0 Å². The fourth-order valence-electron chi connectivity index (χ4n) is 2.90. The maximum Gasteiger partial charge on any atom is 0.334 e. The highest BCUT2D eigenvalue weighted by molar-refractivity contribution is 7.52. The molecule has 0 atom stereocenters. The van der Waals surface area contributed by atoms with Crippen LogP contribution in [0.5, 0.6) is 0 Å². The largest absolute Gasteiger partial charge is 0.356 e. The fourth-order valence-corrected chi connectivity index (χ4v) is 3.96. The van der Waals surface area contributed by atoms with Crippen LogP contribution in [0, 0.1) is 5.82 Å². The molecule has 0 aliphatic carbocycles. The van der Waals surface area contributed by atoms with Crippen molar-refractivity contribution >= 4 is 19.2 Å². The average molecular weight is 432 g/mol. The highest BCUT2D eigenvalue weighted by Gasteiger charge is 2.21. The van der Waals surface area contributed by atoms with Gasteiger partial charge in [0.1, 0.15) is 5.82 Å². The van der Waals surface area contributed by atoms with Crippen molar-refractivity contribution in [2.75, 3.05) is 19.5 Å². The predicted molar refractivity (Wildman–Crippen MR) is 111 cm³/mol. The van der Waals surface area contributed by atoms with Gasteiger partial charge >= 0.3 is 7.60 Å². The van der Waals surface area contributed by atoms with E-state index in [4.69, 9.17) is 13.6 Å². The smallest absolute Gasteiger partial charge is 0.334 e.